The van der Waals surface area contributed by atoms with E-state index in [4.69, 9.17) is 0 Å². The molecule has 0 aliphatic heterocycles. The highest BCUT2D eigenvalue weighted by Crippen LogP contribution is 2.17. The Labute approximate surface area is 91.9 Å². The fourth-order valence-electron chi connectivity index (χ4n) is 2.41. The van der Waals surface area contributed by atoms with E-state index in [1.54, 1.807) is 0 Å². The second kappa shape index (κ2) is 4.79. The van der Waals surface area contributed by atoms with Gasteiger partial charge in [-0.15, -0.1) is 0 Å². The molecule has 0 saturated heterocycles. The van der Waals surface area contributed by atoms with Crippen molar-refractivity contribution in [3.63, 3.8) is 0 Å². The van der Waals surface area contributed by atoms with Gasteiger partial charge in [0.1, 0.15) is 0 Å². The molecule has 1 aliphatic rings. The quantitative estimate of drug-likeness (QED) is 0.818. The van der Waals surface area contributed by atoms with Gasteiger partial charge in [-0.05, 0) is 32.8 Å². The third kappa shape index (κ3) is 2.81. The van der Waals surface area contributed by atoms with Crippen molar-refractivity contribution in [2.75, 3.05) is 6.54 Å². The minimum atomic E-state index is 0.766. The molecular weight excluding hydrogens is 186 g/mol. The molecule has 1 saturated carbocycles. The maximum atomic E-state index is 4.45. The molecule has 2 rings (SSSR count). The molecule has 3 heteroatoms. The smallest absolute Gasteiger partial charge is 0.0596 e. The van der Waals surface area contributed by atoms with Gasteiger partial charge in [-0.1, -0.05) is 12.8 Å². The SMILES string of the molecule is Cc1cc(C)n(CCNC2CCCC2)n1. The second-order valence-corrected chi connectivity index (χ2v) is 4.59. The van der Waals surface area contributed by atoms with Crippen molar-refractivity contribution in [2.24, 2.45) is 0 Å². The average molecular weight is 207 g/mol. The topological polar surface area (TPSA) is 29.9 Å². The summed E-state index contributed by atoms with van der Waals surface area (Å²) in [6.07, 6.45) is 5.52. The van der Waals surface area contributed by atoms with E-state index in [0.29, 0.717) is 0 Å². The monoisotopic (exact) mass is 207 g/mol. The van der Waals surface area contributed by atoms with Crippen molar-refractivity contribution in [3.05, 3.63) is 17.5 Å². The standard InChI is InChI=1S/C12H21N3/c1-10-9-11(2)15(14-10)8-7-13-12-5-3-4-6-12/h9,12-13H,3-8H2,1-2H3. The Morgan fingerprint density at radius 3 is 2.73 bits per heavy atom. The lowest BCUT2D eigenvalue weighted by atomic mass is 10.2. The van der Waals surface area contributed by atoms with Crippen LogP contribution in [0.4, 0.5) is 0 Å². The lowest BCUT2D eigenvalue weighted by Crippen LogP contribution is -2.29. The fourth-order valence-corrected chi connectivity index (χ4v) is 2.41. The predicted molar refractivity (Wildman–Crippen MR) is 62.0 cm³/mol. The molecule has 1 aromatic heterocycles. The summed E-state index contributed by atoms with van der Waals surface area (Å²) in [4.78, 5) is 0. The van der Waals surface area contributed by atoms with Gasteiger partial charge in [0, 0.05) is 18.3 Å². The van der Waals surface area contributed by atoms with Crippen LogP contribution in [0.15, 0.2) is 6.07 Å². The van der Waals surface area contributed by atoms with Crippen molar-refractivity contribution >= 4 is 0 Å². The van der Waals surface area contributed by atoms with Gasteiger partial charge in [-0.2, -0.15) is 5.10 Å². The van der Waals surface area contributed by atoms with Crippen LogP contribution in [0.5, 0.6) is 0 Å². The van der Waals surface area contributed by atoms with Crippen molar-refractivity contribution in [2.45, 2.75) is 52.1 Å². The molecule has 0 unspecified atom stereocenters. The molecular formula is C12H21N3. The molecule has 0 radical (unpaired) electrons. The Morgan fingerprint density at radius 1 is 1.40 bits per heavy atom. The first-order chi connectivity index (χ1) is 7.25. The van der Waals surface area contributed by atoms with Gasteiger partial charge in [-0.3, -0.25) is 4.68 Å². The second-order valence-electron chi connectivity index (χ2n) is 4.59. The molecule has 1 aromatic rings. The number of hydrogen-bond acceptors (Lipinski definition) is 2. The van der Waals surface area contributed by atoms with Crippen molar-refractivity contribution < 1.29 is 0 Å². The first kappa shape index (κ1) is 10.7. The maximum absolute atomic E-state index is 4.45. The summed E-state index contributed by atoms with van der Waals surface area (Å²) in [6, 6.07) is 2.90. The molecule has 84 valence electrons. The summed E-state index contributed by atoms with van der Waals surface area (Å²) in [7, 11) is 0. The number of hydrogen-bond donors (Lipinski definition) is 1. The highest BCUT2D eigenvalue weighted by atomic mass is 15.3. The van der Waals surface area contributed by atoms with Crippen LogP contribution >= 0.6 is 0 Å². The summed E-state index contributed by atoms with van der Waals surface area (Å²) in [6.45, 7) is 6.21. The zero-order valence-electron chi connectivity index (χ0n) is 9.79. The Bertz CT molecular complexity index is 311. The molecule has 0 aromatic carbocycles. The van der Waals surface area contributed by atoms with Gasteiger partial charge in [-0.25, -0.2) is 0 Å². The van der Waals surface area contributed by atoms with Crippen LogP contribution in [0.1, 0.15) is 37.1 Å². The third-order valence-electron chi connectivity index (χ3n) is 3.22. The molecule has 1 N–H and O–H groups in total. The average Bonchev–Trinajstić information content (AvgIpc) is 2.77. The van der Waals surface area contributed by atoms with Crippen LogP contribution in [0.2, 0.25) is 0 Å². The van der Waals surface area contributed by atoms with Gasteiger partial charge in [0.05, 0.1) is 12.2 Å². The zero-order chi connectivity index (χ0) is 10.7. The highest BCUT2D eigenvalue weighted by molar-refractivity contribution is 5.06. The van der Waals surface area contributed by atoms with E-state index >= 15 is 0 Å². The van der Waals surface area contributed by atoms with Gasteiger partial charge in [0.2, 0.25) is 0 Å². The Balaban J connectivity index is 1.75. The molecule has 0 atom stereocenters. The largest absolute Gasteiger partial charge is 0.312 e. The summed E-state index contributed by atoms with van der Waals surface area (Å²) in [5.41, 5.74) is 2.38. The fraction of sp³-hybridized carbons (Fsp3) is 0.750. The summed E-state index contributed by atoms with van der Waals surface area (Å²) < 4.78 is 2.09. The third-order valence-corrected chi connectivity index (χ3v) is 3.22. The zero-order valence-corrected chi connectivity index (χ0v) is 9.79. The van der Waals surface area contributed by atoms with Gasteiger partial charge < -0.3 is 5.32 Å². The van der Waals surface area contributed by atoms with Crippen LogP contribution in [0, 0.1) is 13.8 Å². The molecule has 1 aliphatic carbocycles. The maximum Gasteiger partial charge on any atom is 0.0596 e. The van der Waals surface area contributed by atoms with E-state index in [2.05, 4.69) is 28.1 Å². The first-order valence-electron chi connectivity index (χ1n) is 6.00. The van der Waals surface area contributed by atoms with E-state index in [1.807, 2.05) is 6.92 Å². The van der Waals surface area contributed by atoms with E-state index < -0.39 is 0 Å². The number of nitrogens with one attached hydrogen (secondary N) is 1. The van der Waals surface area contributed by atoms with E-state index in [1.165, 1.54) is 31.4 Å². The van der Waals surface area contributed by atoms with E-state index in [9.17, 15) is 0 Å². The molecule has 0 spiro atoms. The molecule has 15 heavy (non-hydrogen) atoms. The number of rotatable bonds is 4. The number of aromatic nitrogens is 2. The number of aryl methyl sites for hydroxylation is 2. The van der Waals surface area contributed by atoms with Crippen LogP contribution < -0.4 is 5.32 Å². The van der Waals surface area contributed by atoms with Crippen LogP contribution in [0.3, 0.4) is 0 Å². The van der Waals surface area contributed by atoms with Crippen LogP contribution in [-0.4, -0.2) is 22.4 Å². The van der Waals surface area contributed by atoms with Gasteiger partial charge >= 0.3 is 0 Å². The predicted octanol–water partition coefficient (Wildman–Crippen LogP) is 2.03. The Kier molecular flexibility index (Phi) is 3.41. The molecule has 3 nitrogen and oxygen atoms in total. The van der Waals surface area contributed by atoms with Crippen molar-refractivity contribution in [1.29, 1.82) is 0 Å². The molecule has 0 amide bonds. The summed E-state index contributed by atoms with van der Waals surface area (Å²) >= 11 is 0. The van der Waals surface area contributed by atoms with E-state index in [-0.39, 0.29) is 0 Å². The normalized spacial score (nSPS) is 17.5. The lowest BCUT2D eigenvalue weighted by Gasteiger charge is -2.12. The van der Waals surface area contributed by atoms with E-state index in [0.717, 1.165) is 24.8 Å². The Morgan fingerprint density at radius 2 is 2.13 bits per heavy atom. The minimum Gasteiger partial charge on any atom is -0.312 e. The summed E-state index contributed by atoms with van der Waals surface area (Å²) in [5.74, 6) is 0. The van der Waals surface area contributed by atoms with Gasteiger partial charge in [0.25, 0.3) is 0 Å². The number of nitrogens with zero attached hydrogens (tertiary/aromatic N) is 2. The van der Waals surface area contributed by atoms with Crippen molar-refractivity contribution in [1.82, 2.24) is 15.1 Å². The van der Waals surface area contributed by atoms with Crippen LogP contribution in [-0.2, 0) is 6.54 Å². The van der Waals surface area contributed by atoms with Crippen molar-refractivity contribution in [3.8, 4) is 0 Å². The summed E-state index contributed by atoms with van der Waals surface area (Å²) in [5, 5.41) is 8.06. The lowest BCUT2D eigenvalue weighted by molar-refractivity contribution is 0.475. The Hall–Kier alpha value is -0.830. The van der Waals surface area contributed by atoms with Gasteiger partial charge in [0.15, 0.2) is 0 Å². The molecule has 1 heterocycles. The van der Waals surface area contributed by atoms with Crippen LogP contribution in [0.25, 0.3) is 0 Å². The highest BCUT2D eigenvalue weighted by Gasteiger charge is 2.13. The molecule has 0 bridgehead atoms. The minimum absolute atomic E-state index is 0.766. The first-order valence-corrected chi connectivity index (χ1v) is 6.00. The molecule has 1 fully saturated rings.